The number of piperazine rings is 1. The molecule has 0 aromatic heterocycles. The van der Waals surface area contributed by atoms with Gasteiger partial charge in [0.15, 0.2) is 12.1 Å². The summed E-state index contributed by atoms with van der Waals surface area (Å²) in [6, 6.07) is 13.7. The fourth-order valence-electron chi connectivity index (χ4n) is 5.29. The van der Waals surface area contributed by atoms with Crippen LogP contribution in [0.5, 0.6) is 5.75 Å². The summed E-state index contributed by atoms with van der Waals surface area (Å²) < 4.78 is 56.4. The minimum absolute atomic E-state index is 0.253. The van der Waals surface area contributed by atoms with Crippen LogP contribution in [0.2, 0.25) is 0 Å². The van der Waals surface area contributed by atoms with Gasteiger partial charge in [-0.3, -0.25) is 24.9 Å². The van der Waals surface area contributed by atoms with Crippen LogP contribution in [0.25, 0.3) is 11.1 Å². The molecule has 0 bridgehead atoms. The van der Waals surface area contributed by atoms with Crippen molar-refractivity contribution >= 4 is 17.8 Å². The Morgan fingerprint density at radius 3 is 2.34 bits per heavy atom. The molecule has 1 heterocycles. The Hall–Kier alpha value is -3.68. The van der Waals surface area contributed by atoms with Gasteiger partial charge in [-0.25, -0.2) is 4.79 Å². The average Bonchev–Trinajstić information content (AvgIpc) is 3.04. The summed E-state index contributed by atoms with van der Waals surface area (Å²) in [6.45, 7) is 11.2. The highest BCUT2D eigenvalue weighted by atomic mass is 19.4. The highest BCUT2D eigenvalue weighted by molar-refractivity contribution is 5.99. The smallest absolute Gasteiger partial charge is 0.490 e. The Balaban J connectivity index is 2.06. The maximum Gasteiger partial charge on any atom is 0.490 e. The molecular weight excluding hydrogens is 615 g/mol. The monoisotopic (exact) mass is 663 g/mol. The number of alkyl halides is 3. The molecule has 1 unspecified atom stereocenters. The third kappa shape index (κ3) is 11.8. The summed E-state index contributed by atoms with van der Waals surface area (Å²) in [5, 5.41) is 2.30. The first-order chi connectivity index (χ1) is 22.4. The van der Waals surface area contributed by atoms with Gasteiger partial charge in [0.05, 0.1) is 6.61 Å². The molecular formula is C34H48F3N5O5. The van der Waals surface area contributed by atoms with Crippen molar-refractivity contribution in [3.05, 3.63) is 53.6 Å². The van der Waals surface area contributed by atoms with E-state index in [9.17, 15) is 22.8 Å². The Morgan fingerprint density at radius 1 is 1.02 bits per heavy atom. The molecule has 1 atom stereocenters. The van der Waals surface area contributed by atoms with Crippen LogP contribution in [-0.2, 0) is 32.0 Å². The maximum atomic E-state index is 13.3. The van der Waals surface area contributed by atoms with E-state index >= 15 is 0 Å². The molecule has 1 amide bonds. The van der Waals surface area contributed by atoms with E-state index < -0.39 is 30.6 Å². The zero-order valence-electron chi connectivity index (χ0n) is 27.8. The lowest BCUT2D eigenvalue weighted by molar-refractivity contribution is -0.205. The van der Waals surface area contributed by atoms with Crippen LogP contribution >= 0.6 is 0 Å². The molecule has 1 aliphatic heterocycles. The molecule has 0 spiro atoms. The number of ether oxygens (including phenoxy) is 3. The fourth-order valence-corrected chi connectivity index (χ4v) is 5.29. The normalized spacial score (nSPS) is 15.4. The van der Waals surface area contributed by atoms with Crippen molar-refractivity contribution in [1.82, 2.24) is 15.1 Å². The van der Waals surface area contributed by atoms with Crippen molar-refractivity contribution in [2.24, 2.45) is 10.7 Å². The number of amides is 1. The summed E-state index contributed by atoms with van der Waals surface area (Å²) in [5.74, 6) is -3.34. The van der Waals surface area contributed by atoms with Crippen LogP contribution < -0.4 is 15.8 Å². The van der Waals surface area contributed by atoms with Crippen molar-refractivity contribution < 1.29 is 37.0 Å². The molecule has 260 valence electrons. The molecule has 2 aromatic carbocycles. The number of methoxy groups -OCH3 is 1. The van der Waals surface area contributed by atoms with Gasteiger partial charge in [0.2, 0.25) is 0 Å². The quantitative estimate of drug-likeness (QED) is 0.116. The standard InChI is InChI=1S/C34H48F3N5O5/c1-5-6-15-39-33(38)40-31(43)29(47-32(44)34(35,36)37)22-26-13-14-27(25-11-8-7-9-12-25)28(30(26)46-21-10-20-45-4)23-41-16-18-42(19-17-41)24(2)3/h7-9,11-14,24,29H,5-6,10,15-23H2,1-4H3,(H3,38,39,40,43). The maximum absolute atomic E-state index is 13.3. The number of nitrogens with zero attached hydrogens (tertiary/aromatic N) is 3. The van der Waals surface area contributed by atoms with Crippen LogP contribution in [0, 0.1) is 0 Å². The second-order valence-corrected chi connectivity index (χ2v) is 11.8. The topological polar surface area (TPSA) is 119 Å². The third-order valence-electron chi connectivity index (χ3n) is 7.91. The van der Waals surface area contributed by atoms with E-state index in [0.717, 1.165) is 49.3 Å². The Labute approximate surface area is 275 Å². The number of halogens is 3. The predicted octanol–water partition coefficient (Wildman–Crippen LogP) is 4.54. The molecule has 1 fully saturated rings. The number of unbranched alkanes of at least 4 members (excludes halogenated alkanes) is 1. The van der Waals surface area contributed by atoms with E-state index in [4.69, 9.17) is 19.9 Å². The van der Waals surface area contributed by atoms with Gasteiger partial charge in [0.25, 0.3) is 5.91 Å². The Kier molecular flexibility index (Phi) is 15.0. The minimum atomic E-state index is -5.31. The minimum Gasteiger partial charge on any atom is -0.493 e. The van der Waals surface area contributed by atoms with Crippen molar-refractivity contribution in [2.75, 3.05) is 53.0 Å². The molecule has 47 heavy (non-hydrogen) atoms. The molecule has 0 radical (unpaired) electrons. The number of hydrogen-bond donors (Lipinski definition) is 2. The Morgan fingerprint density at radius 2 is 1.72 bits per heavy atom. The molecule has 10 nitrogen and oxygen atoms in total. The predicted molar refractivity (Wildman–Crippen MR) is 175 cm³/mol. The van der Waals surface area contributed by atoms with Gasteiger partial charge in [-0.05, 0) is 37.0 Å². The zero-order chi connectivity index (χ0) is 34.4. The van der Waals surface area contributed by atoms with E-state index in [1.54, 1.807) is 13.2 Å². The first-order valence-electron chi connectivity index (χ1n) is 16.1. The highest BCUT2D eigenvalue weighted by Crippen LogP contribution is 2.37. The number of carbonyl (C=O) groups is 2. The number of esters is 1. The van der Waals surface area contributed by atoms with E-state index in [0.29, 0.717) is 49.9 Å². The summed E-state index contributed by atoms with van der Waals surface area (Å²) in [7, 11) is 1.58. The van der Waals surface area contributed by atoms with Crippen LogP contribution in [0.15, 0.2) is 47.5 Å². The summed E-state index contributed by atoms with van der Waals surface area (Å²) >= 11 is 0. The summed E-state index contributed by atoms with van der Waals surface area (Å²) in [6.07, 6.45) is -5.47. The highest BCUT2D eigenvalue weighted by Gasteiger charge is 2.43. The van der Waals surface area contributed by atoms with Gasteiger partial charge >= 0.3 is 12.1 Å². The van der Waals surface area contributed by atoms with Crippen LogP contribution in [0.1, 0.15) is 51.2 Å². The molecule has 2 aromatic rings. The lowest BCUT2D eigenvalue weighted by atomic mass is 9.93. The number of benzene rings is 2. The number of nitrogens with one attached hydrogen (secondary N) is 1. The van der Waals surface area contributed by atoms with E-state index in [1.807, 2.05) is 43.3 Å². The van der Waals surface area contributed by atoms with E-state index in [-0.39, 0.29) is 12.6 Å². The fraction of sp³-hybridized carbons (Fsp3) is 0.559. The number of rotatable bonds is 16. The van der Waals surface area contributed by atoms with Crippen LogP contribution in [0.3, 0.4) is 0 Å². The van der Waals surface area contributed by atoms with E-state index in [1.165, 1.54) is 0 Å². The second-order valence-electron chi connectivity index (χ2n) is 11.8. The number of guanidine groups is 1. The van der Waals surface area contributed by atoms with Gasteiger partial charge < -0.3 is 19.9 Å². The van der Waals surface area contributed by atoms with Gasteiger partial charge in [-0.2, -0.15) is 13.2 Å². The molecule has 3 N–H and O–H groups in total. The summed E-state index contributed by atoms with van der Waals surface area (Å²) in [4.78, 5) is 34.0. The van der Waals surface area contributed by atoms with Crippen molar-refractivity contribution in [3.8, 4) is 16.9 Å². The largest absolute Gasteiger partial charge is 0.493 e. The number of nitrogens with two attached hydrogens (primary N) is 1. The van der Waals surface area contributed by atoms with Gasteiger partial charge in [0.1, 0.15) is 5.75 Å². The lowest BCUT2D eigenvalue weighted by Gasteiger charge is -2.37. The number of carbonyl (C=O) groups excluding carboxylic acids is 2. The van der Waals surface area contributed by atoms with Crippen LogP contribution in [-0.4, -0.2) is 99.0 Å². The SMILES string of the molecule is CCCCN=C(N)NC(=O)C(Cc1ccc(-c2ccccc2)c(CN2CCN(C(C)C)CC2)c1OCCCOC)OC(=O)C(F)(F)F. The molecule has 0 aliphatic carbocycles. The molecule has 1 aliphatic rings. The van der Waals surface area contributed by atoms with Crippen molar-refractivity contribution in [2.45, 2.75) is 71.3 Å². The zero-order valence-corrected chi connectivity index (χ0v) is 27.8. The third-order valence-corrected chi connectivity index (χ3v) is 7.91. The van der Waals surface area contributed by atoms with Crippen molar-refractivity contribution in [3.63, 3.8) is 0 Å². The molecule has 1 saturated heterocycles. The number of hydrogen-bond acceptors (Lipinski definition) is 8. The summed E-state index contributed by atoms with van der Waals surface area (Å²) in [5.41, 5.74) is 8.90. The Bertz CT molecular complexity index is 1320. The number of aliphatic imine (C=N–C) groups is 1. The van der Waals surface area contributed by atoms with Gasteiger partial charge in [0, 0.05) is 77.4 Å². The average molecular weight is 664 g/mol. The first-order valence-corrected chi connectivity index (χ1v) is 16.1. The van der Waals surface area contributed by atoms with Gasteiger partial charge in [-0.15, -0.1) is 0 Å². The van der Waals surface area contributed by atoms with Crippen LogP contribution in [0.4, 0.5) is 13.2 Å². The second kappa shape index (κ2) is 18.6. The molecule has 3 rings (SSSR count). The lowest BCUT2D eigenvalue weighted by Crippen LogP contribution is -2.48. The molecule has 13 heteroatoms. The van der Waals surface area contributed by atoms with Crippen molar-refractivity contribution in [1.29, 1.82) is 0 Å². The molecule has 0 saturated carbocycles. The van der Waals surface area contributed by atoms with Gasteiger partial charge in [-0.1, -0.05) is 55.8 Å². The first kappa shape index (κ1) is 37.8. The van der Waals surface area contributed by atoms with E-state index in [2.05, 4.69) is 34.0 Å².